The number of hydrogen-bond acceptors (Lipinski definition) is 6. The third kappa shape index (κ3) is 5.54. The molecule has 11 nitrogen and oxygen atoms in total. The summed E-state index contributed by atoms with van der Waals surface area (Å²) in [6.07, 6.45) is 1.18. The molecule has 0 saturated carbocycles. The summed E-state index contributed by atoms with van der Waals surface area (Å²) >= 11 is 0. The second kappa shape index (κ2) is 8.68. The molecule has 0 fully saturated rings. The number of aromatic amines is 1. The number of sulfonamides is 1. The SMILES string of the molecule is CC(=O)NCCC(=O)Nc1cc(-c2ccc(C)c(NS(C)(=O)=O)c2)n[n+]2c(C)[nH]nc12. The van der Waals surface area contributed by atoms with Gasteiger partial charge < -0.3 is 10.6 Å². The fourth-order valence-corrected chi connectivity index (χ4v) is 3.53. The first-order chi connectivity index (χ1) is 14.5. The molecule has 0 spiro atoms. The number of aryl methyl sites for hydroxylation is 2. The van der Waals surface area contributed by atoms with Gasteiger partial charge in [0, 0.05) is 37.5 Å². The van der Waals surface area contributed by atoms with Crippen LogP contribution in [0.3, 0.4) is 0 Å². The van der Waals surface area contributed by atoms with Crippen LogP contribution in [0.25, 0.3) is 16.9 Å². The van der Waals surface area contributed by atoms with E-state index in [1.807, 2.05) is 6.07 Å². The second-order valence-corrected chi connectivity index (χ2v) is 8.92. The van der Waals surface area contributed by atoms with Gasteiger partial charge in [-0.3, -0.25) is 14.3 Å². The normalized spacial score (nSPS) is 11.4. The van der Waals surface area contributed by atoms with Gasteiger partial charge in [0.1, 0.15) is 11.4 Å². The van der Waals surface area contributed by atoms with Crippen molar-refractivity contribution in [1.29, 1.82) is 0 Å². The van der Waals surface area contributed by atoms with E-state index in [1.54, 1.807) is 36.6 Å². The molecule has 0 bridgehead atoms. The standard InChI is InChI=1S/C19H23N7O4S/c1-11-5-6-14(9-15(11)25-31(4,29)30)16-10-17(19-23-22-12(2)26(19)24-16)21-18(28)7-8-20-13(3)27/h5-6,9-10,25H,7-8H2,1-4H3,(H2,20,21,24,27,28)/p+1. The molecule has 3 rings (SSSR count). The Bertz CT molecular complexity index is 1270. The van der Waals surface area contributed by atoms with Crippen molar-refractivity contribution in [2.75, 3.05) is 22.8 Å². The van der Waals surface area contributed by atoms with Gasteiger partial charge in [0.25, 0.3) is 5.82 Å². The van der Waals surface area contributed by atoms with Crippen LogP contribution in [-0.4, -0.2) is 48.3 Å². The predicted molar refractivity (Wildman–Crippen MR) is 115 cm³/mol. The van der Waals surface area contributed by atoms with Crippen LogP contribution in [0.2, 0.25) is 0 Å². The molecular weight excluding hydrogens is 422 g/mol. The zero-order valence-electron chi connectivity index (χ0n) is 17.6. The molecule has 0 radical (unpaired) electrons. The number of fused-ring (bicyclic) bond motifs is 1. The van der Waals surface area contributed by atoms with Crippen molar-refractivity contribution in [2.45, 2.75) is 27.2 Å². The first-order valence-electron chi connectivity index (χ1n) is 9.44. The van der Waals surface area contributed by atoms with E-state index >= 15 is 0 Å². The molecule has 4 N–H and O–H groups in total. The van der Waals surface area contributed by atoms with Crippen molar-refractivity contribution in [3.63, 3.8) is 0 Å². The molecule has 12 heteroatoms. The summed E-state index contributed by atoms with van der Waals surface area (Å²) in [6.45, 7) is 5.18. The zero-order chi connectivity index (χ0) is 22.8. The maximum Gasteiger partial charge on any atom is 0.349 e. The molecule has 2 aromatic heterocycles. The van der Waals surface area contributed by atoms with Gasteiger partial charge in [-0.05, 0) is 24.6 Å². The average molecular weight is 447 g/mol. The Morgan fingerprint density at radius 1 is 1.16 bits per heavy atom. The zero-order valence-corrected chi connectivity index (χ0v) is 18.4. The Hall–Kier alpha value is -3.54. The summed E-state index contributed by atoms with van der Waals surface area (Å²) in [5, 5.41) is 17.0. The molecule has 1 aromatic carbocycles. The molecule has 0 aliphatic carbocycles. The molecule has 2 heterocycles. The lowest BCUT2D eigenvalue weighted by Gasteiger charge is -2.11. The van der Waals surface area contributed by atoms with Crippen molar-refractivity contribution in [3.05, 3.63) is 35.7 Å². The number of H-pyrrole nitrogens is 1. The molecule has 0 saturated heterocycles. The number of hydrogen-bond donors (Lipinski definition) is 4. The maximum absolute atomic E-state index is 12.3. The number of aromatic nitrogens is 4. The molecule has 164 valence electrons. The van der Waals surface area contributed by atoms with Crippen LogP contribution in [0.1, 0.15) is 24.7 Å². The van der Waals surface area contributed by atoms with Gasteiger partial charge in [-0.25, -0.2) is 8.42 Å². The first-order valence-corrected chi connectivity index (χ1v) is 11.3. The lowest BCUT2D eigenvalue weighted by atomic mass is 10.1. The van der Waals surface area contributed by atoms with Crippen LogP contribution in [0.4, 0.5) is 11.4 Å². The van der Waals surface area contributed by atoms with Gasteiger partial charge in [-0.2, -0.15) is 0 Å². The van der Waals surface area contributed by atoms with Crippen LogP contribution >= 0.6 is 0 Å². The minimum absolute atomic E-state index is 0.0970. The molecule has 0 atom stereocenters. The van der Waals surface area contributed by atoms with E-state index < -0.39 is 10.0 Å². The largest absolute Gasteiger partial charge is 0.356 e. The molecule has 2 amide bonds. The first kappa shape index (κ1) is 22.2. The Kier molecular flexibility index (Phi) is 6.20. The average Bonchev–Trinajstić information content (AvgIpc) is 3.03. The van der Waals surface area contributed by atoms with E-state index in [2.05, 4.69) is 30.7 Å². The van der Waals surface area contributed by atoms with Crippen molar-refractivity contribution in [2.24, 2.45) is 0 Å². The van der Waals surface area contributed by atoms with E-state index in [1.165, 1.54) is 6.92 Å². The van der Waals surface area contributed by atoms with E-state index in [-0.39, 0.29) is 24.8 Å². The Balaban J connectivity index is 1.99. The van der Waals surface area contributed by atoms with E-state index in [0.717, 1.165) is 11.8 Å². The number of carbonyl (C=O) groups is 2. The number of benzene rings is 1. The van der Waals surface area contributed by atoms with Crippen molar-refractivity contribution >= 4 is 38.9 Å². The molecule has 0 aliphatic rings. The monoisotopic (exact) mass is 446 g/mol. The lowest BCUT2D eigenvalue weighted by Crippen LogP contribution is -2.31. The number of nitrogens with zero attached hydrogens (tertiary/aromatic N) is 3. The third-order valence-corrected chi connectivity index (χ3v) is 4.99. The minimum Gasteiger partial charge on any atom is -0.356 e. The fourth-order valence-electron chi connectivity index (χ4n) is 2.91. The summed E-state index contributed by atoms with van der Waals surface area (Å²) in [5.41, 5.74) is 3.22. The van der Waals surface area contributed by atoms with Crippen LogP contribution in [-0.2, 0) is 19.6 Å². The highest BCUT2D eigenvalue weighted by Gasteiger charge is 2.20. The molecule has 3 aromatic rings. The van der Waals surface area contributed by atoms with E-state index in [9.17, 15) is 18.0 Å². The van der Waals surface area contributed by atoms with Gasteiger partial charge in [0.05, 0.1) is 11.9 Å². The Morgan fingerprint density at radius 2 is 1.90 bits per heavy atom. The van der Waals surface area contributed by atoms with Crippen LogP contribution < -0.4 is 19.9 Å². The summed E-state index contributed by atoms with van der Waals surface area (Å²) in [7, 11) is -3.45. The Labute approximate surface area is 179 Å². The van der Waals surface area contributed by atoms with Crippen LogP contribution in [0.5, 0.6) is 0 Å². The molecule has 31 heavy (non-hydrogen) atoms. The fraction of sp³-hybridized carbons (Fsp3) is 0.316. The van der Waals surface area contributed by atoms with Gasteiger partial charge in [-0.15, -0.1) is 10.2 Å². The number of nitrogens with one attached hydrogen (secondary N) is 4. The Morgan fingerprint density at radius 3 is 2.58 bits per heavy atom. The topological polar surface area (TPSA) is 150 Å². The third-order valence-electron chi connectivity index (χ3n) is 4.40. The smallest absolute Gasteiger partial charge is 0.349 e. The van der Waals surface area contributed by atoms with Gasteiger partial charge >= 0.3 is 5.65 Å². The number of amides is 2. The summed E-state index contributed by atoms with van der Waals surface area (Å²) in [5.74, 6) is 0.140. The van der Waals surface area contributed by atoms with Crippen molar-refractivity contribution < 1.29 is 22.5 Å². The van der Waals surface area contributed by atoms with E-state index in [4.69, 9.17) is 0 Å². The van der Waals surface area contributed by atoms with Crippen LogP contribution in [0.15, 0.2) is 24.3 Å². The van der Waals surface area contributed by atoms with Gasteiger partial charge in [-0.1, -0.05) is 16.6 Å². The lowest BCUT2D eigenvalue weighted by molar-refractivity contribution is -0.586. The summed E-state index contributed by atoms with van der Waals surface area (Å²) < 4.78 is 27.4. The molecule has 0 unspecified atom stereocenters. The number of rotatable bonds is 7. The number of anilines is 2. The maximum atomic E-state index is 12.3. The van der Waals surface area contributed by atoms with E-state index in [0.29, 0.717) is 34.1 Å². The highest BCUT2D eigenvalue weighted by Crippen LogP contribution is 2.26. The predicted octanol–water partition coefficient (Wildman–Crippen LogP) is 0.663. The number of carbonyl (C=O) groups excluding carboxylic acids is 2. The summed E-state index contributed by atoms with van der Waals surface area (Å²) in [6, 6.07) is 6.95. The highest BCUT2D eigenvalue weighted by atomic mass is 32.2. The van der Waals surface area contributed by atoms with Gasteiger partial charge in [0.15, 0.2) is 0 Å². The molecular formula is C19H24N7O4S+. The summed E-state index contributed by atoms with van der Waals surface area (Å²) in [4.78, 5) is 23.3. The quantitative estimate of drug-likeness (QED) is 0.392. The van der Waals surface area contributed by atoms with Crippen molar-refractivity contribution in [3.8, 4) is 11.3 Å². The minimum atomic E-state index is -3.45. The van der Waals surface area contributed by atoms with Crippen LogP contribution in [0, 0.1) is 13.8 Å². The molecule has 0 aliphatic heterocycles. The van der Waals surface area contributed by atoms with Crippen molar-refractivity contribution in [1.82, 2.24) is 20.6 Å². The van der Waals surface area contributed by atoms with Gasteiger partial charge in [0.2, 0.25) is 21.8 Å². The second-order valence-electron chi connectivity index (χ2n) is 7.17. The highest BCUT2D eigenvalue weighted by molar-refractivity contribution is 7.92.